The van der Waals surface area contributed by atoms with Crippen LogP contribution in [-0.2, 0) is 6.54 Å². The van der Waals surface area contributed by atoms with Crippen molar-refractivity contribution in [2.45, 2.75) is 6.54 Å². The fourth-order valence-corrected chi connectivity index (χ4v) is 3.54. The molecule has 1 aliphatic rings. The van der Waals surface area contributed by atoms with Crippen LogP contribution in [0.1, 0.15) is 15.9 Å². The molecular weight excluding hydrogens is 326 g/mol. The summed E-state index contributed by atoms with van der Waals surface area (Å²) < 4.78 is 5.46. The van der Waals surface area contributed by atoms with E-state index in [0.29, 0.717) is 11.3 Å². The zero-order chi connectivity index (χ0) is 17.9. The monoisotopic (exact) mass is 349 g/mol. The minimum absolute atomic E-state index is 0.0457. The number of piperazine rings is 1. The molecule has 3 aromatic rings. The van der Waals surface area contributed by atoms with Crippen molar-refractivity contribution >= 4 is 16.8 Å². The molecule has 1 saturated heterocycles. The Morgan fingerprint density at radius 3 is 2.58 bits per heavy atom. The Bertz CT molecular complexity index is 896. The van der Waals surface area contributed by atoms with E-state index in [4.69, 9.17) is 4.74 Å². The smallest absolute Gasteiger partial charge is 0.257 e. The number of ether oxygens (including phenoxy) is 1. The van der Waals surface area contributed by atoms with Crippen LogP contribution < -0.4 is 4.74 Å². The van der Waals surface area contributed by atoms with Gasteiger partial charge in [0.25, 0.3) is 5.91 Å². The largest absolute Gasteiger partial charge is 0.496 e. The van der Waals surface area contributed by atoms with Crippen LogP contribution >= 0.6 is 0 Å². The second-order valence-electron chi connectivity index (χ2n) is 6.67. The lowest BCUT2D eigenvalue weighted by Crippen LogP contribution is -2.48. The van der Waals surface area contributed by atoms with E-state index in [-0.39, 0.29) is 5.91 Å². The van der Waals surface area contributed by atoms with Gasteiger partial charge in [-0.25, -0.2) is 0 Å². The molecule has 1 aliphatic heterocycles. The lowest BCUT2D eigenvalue weighted by atomic mass is 10.1. The van der Waals surface area contributed by atoms with Gasteiger partial charge in [-0.05, 0) is 17.7 Å². The first-order valence-corrected chi connectivity index (χ1v) is 8.95. The van der Waals surface area contributed by atoms with Gasteiger partial charge < -0.3 is 14.6 Å². The number of H-pyrrole nitrogens is 1. The molecule has 4 rings (SSSR count). The Kier molecular flexibility index (Phi) is 4.63. The number of benzene rings is 2. The standard InChI is InChI=1S/C21H23N3O2/c1-26-20-14-19-17(7-8-22-19)13-18(20)21(25)24-11-9-23(10-12-24)15-16-5-3-2-4-6-16/h2-8,13-14,22H,9-12,15H2,1H3. The van der Waals surface area contributed by atoms with Crippen LogP contribution in [0.5, 0.6) is 5.75 Å². The summed E-state index contributed by atoms with van der Waals surface area (Å²) in [6.45, 7) is 4.17. The molecule has 134 valence electrons. The number of nitrogens with zero attached hydrogens (tertiary/aromatic N) is 2. The van der Waals surface area contributed by atoms with Crippen LogP contribution in [-0.4, -0.2) is 54.0 Å². The number of aromatic amines is 1. The normalized spacial score (nSPS) is 15.3. The molecule has 26 heavy (non-hydrogen) atoms. The van der Waals surface area contributed by atoms with Gasteiger partial charge in [0, 0.05) is 55.9 Å². The predicted octanol–water partition coefficient (Wildman–Crippen LogP) is 3.13. The molecule has 0 saturated carbocycles. The van der Waals surface area contributed by atoms with Gasteiger partial charge in [-0.15, -0.1) is 0 Å². The highest BCUT2D eigenvalue weighted by Gasteiger charge is 2.24. The molecule has 0 aliphatic carbocycles. The summed E-state index contributed by atoms with van der Waals surface area (Å²) in [5, 5.41) is 1.02. The number of fused-ring (bicyclic) bond motifs is 1. The number of hydrogen-bond donors (Lipinski definition) is 1. The number of nitrogens with one attached hydrogen (secondary N) is 1. The van der Waals surface area contributed by atoms with Crippen LogP contribution in [0.15, 0.2) is 54.7 Å². The topological polar surface area (TPSA) is 48.6 Å². The molecule has 0 unspecified atom stereocenters. The fraction of sp³-hybridized carbons (Fsp3) is 0.286. The van der Waals surface area contributed by atoms with Crippen molar-refractivity contribution in [3.05, 3.63) is 65.9 Å². The first kappa shape index (κ1) is 16.7. The maximum absolute atomic E-state index is 13.0. The summed E-state index contributed by atoms with van der Waals surface area (Å²) >= 11 is 0. The van der Waals surface area contributed by atoms with E-state index >= 15 is 0 Å². The number of hydrogen-bond acceptors (Lipinski definition) is 3. The Morgan fingerprint density at radius 2 is 1.85 bits per heavy atom. The molecule has 5 heteroatoms. The third-order valence-electron chi connectivity index (χ3n) is 5.01. The van der Waals surface area contributed by atoms with Crippen LogP contribution in [0, 0.1) is 0 Å². The minimum Gasteiger partial charge on any atom is -0.496 e. The lowest BCUT2D eigenvalue weighted by molar-refractivity contribution is 0.0625. The van der Waals surface area contributed by atoms with E-state index in [0.717, 1.165) is 43.6 Å². The summed E-state index contributed by atoms with van der Waals surface area (Å²) in [4.78, 5) is 20.5. The van der Waals surface area contributed by atoms with Crippen molar-refractivity contribution in [3.63, 3.8) is 0 Å². The average molecular weight is 349 g/mol. The van der Waals surface area contributed by atoms with Crippen molar-refractivity contribution in [1.82, 2.24) is 14.8 Å². The summed E-state index contributed by atoms with van der Waals surface area (Å²) in [5.74, 6) is 0.668. The molecule has 1 aromatic heterocycles. The highest BCUT2D eigenvalue weighted by molar-refractivity contribution is 6.01. The van der Waals surface area contributed by atoms with Crippen molar-refractivity contribution in [3.8, 4) is 5.75 Å². The van der Waals surface area contributed by atoms with Crippen LogP contribution in [0.3, 0.4) is 0 Å². The Labute approximate surface area is 153 Å². The first-order chi connectivity index (χ1) is 12.7. The molecule has 2 aromatic carbocycles. The summed E-state index contributed by atoms with van der Waals surface area (Å²) in [6.07, 6.45) is 1.88. The van der Waals surface area contributed by atoms with Gasteiger partial charge in [0.15, 0.2) is 0 Å². The van der Waals surface area contributed by atoms with Crippen LogP contribution in [0.4, 0.5) is 0 Å². The molecular formula is C21H23N3O2. The molecule has 0 spiro atoms. The minimum atomic E-state index is 0.0457. The van der Waals surface area contributed by atoms with Crippen molar-refractivity contribution in [2.24, 2.45) is 0 Å². The average Bonchev–Trinajstić information content (AvgIpc) is 3.15. The van der Waals surface area contributed by atoms with E-state index in [1.54, 1.807) is 7.11 Å². The number of aromatic nitrogens is 1. The number of carbonyl (C=O) groups is 1. The van der Waals surface area contributed by atoms with Crippen molar-refractivity contribution < 1.29 is 9.53 Å². The van der Waals surface area contributed by atoms with Gasteiger partial charge in [0.2, 0.25) is 0 Å². The number of methoxy groups -OCH3 is 1. The van der Waals surface area contributed by atoms with E-state index in [9.17, 15) is 4.79 Å². The number of carbonyl (C=O) groups excluding carboxylic acids is 1. The molecule has 5 nitrogen and oxygen atoms in total. The Balaban J connectivity index is 1.45. The van der Waals surface area contributed by atoms with E-state index in [2.05, 4.69) is 34.1 Å². The molecule has 2 heterocycles. The summed E-state index contributed by atoms with van der Waals surface area (Å²) in [7, 11) is 1.61. The van der Waals surface area contributed by atoms with Gasteiger partial charge in [-0.3, -0.25) is 9.69 Å². The van der Waals surface area contributed by atoms with Crippen molar-refractivity contribution in [2.75, 3.05) is 33.3 Å². The zero-order valence-electron chi connectivity index (χ0n) is 14.9. The third kappa shape index (κ3) is 3.30. The SMILES string of the molecule is COc1cc2[nH]ccc2cc1C(=O)N1CCN(Cc2ccccc2)CC1. The second kappa shape index (κ2) is 7.22. The molecule has 1 fully saturated rings. The predicted molar refractivity (Wildman–Crippen MR) is 102 cm³/mol. The number of rotatable bonds is 4. The summed E-state index contributed by atoms with van der Waals surface area (Å²) in [5.41, 5.74) is 2.93. The fourth-order valence-electron chi connectivity index (χ4n) is 3.54. The maximum atomic E-state index is 13.0. The Morgan fingerprint density at radius 1 is 1.08 bits per heavy atom. The van der Waals surface area contributed by atoms with Gasteiger partial charge in [-0.2, -0.15) is 0 Å². The van der Waals surface area contributed by atoms with Gasteiger partial charge >= 0.3 is 0 Å². The van der Waals surface area contributed by atoms with E-state index < -0.39 is 0 Å². The summed E-state index contributed by atoms with van der Waals surface area (Å²) in [6, 6.07) is 16.3. The van der Waals surface area contributed by atoms with Crippen molar-refractivity contribution in [1.29, 1.82) is 0 Å². The van der Waals surface area contributed by atoms with Crippen LogP contribution in [0.25, 0.3) is 10.9 Å². The molecule has 0 bridgehead atoms. The highest BCUT2D eigenvalue weighted by atomic mass is 16.5. The highest BCUT2D eigenvalue weighted by Crippen LogP contribution is 2.27. The zero-order valence-corrected chi connectivity index (χ0v) is 14.9. The third-order valence-corrected chi connectivity index (χ3v) is 5.01. The second-order valence-corrected chi connectivity index (χ2v) is 6.67. The van der Waals surface area contributed by atoms with Crippen LogP contribution in [0.2, 0.25) is 0 Å². The molecule has 0 atom stereocenters. The van der Waals surface area contributed by atoms with Gasteiger partial charge in [-0.1, -0.05) is 30.3 Å². The Hall–Kier alpha value is -2.79. The van der Waals surface area contributed by atoms with E-state index in [1.807, 2.05) is 35.4 Å². The van der Waals surface area contributed by atoms with E-state index in [1.165, 1.54) is 5.56 Å². The molecule has 0 radical (unpaired) electrons. The van der Waals surface area contributed by atoms with Gasteiger partial charge in [0.05, 0.1) is 12.7 Å². The molecule has 1 N–H and O–H groups in total. The molecule has 1 amide bonds. The van der Waals surface area contributed by atoms with Gasteiger partial charge in [0.1, 0.15) is 5.75 Å². The quantitative estimate of drug-likeness (QED) is 0.787. The first-order valence-electron chi connectivity index (χ1n) is 8.95. The maximum Gasteiger partial charge on any atom is 0.257 e. The lowest BCUT2D eigenvalue weighted by Gasteiger charge is -2.35. The number of amides is 1.